The second-order valence-corrected chi connectivity index (χ2v) is 7.81. The van der Waals surface area contributed by atoms with Crippen molar-refractivity contribution in [2.45, 2.75) is 52.2 Å². The molecule has 5 heteroatoms. The molecule has 0 bridgehead atoms. The SMILES string of the molecule is CCN(CC)Cc1ccccc1CNC(=O)C(c1ccccc1)N1CCCCC1=O. The molecule has 0 aliphatic carbocycles. The molecule has 2 aromatic carbocycles. The van der Waals surface area contributed by atoms with Gasteiger partial charge in [0.2, 0.25) is 11.8 Å². The number of hydrogen-bond donors (Lipinski definition) is 1. The van der Waals surface area contributed by atoms with Gasteiger partial charge in [-0.05, 0) is 42.6 Å². The summed E-state index contributed by atoms with van der Waals surface area (Å²) < 4.78 is 0. The van der Waals surface area contributed by atoms with E-state index < -0.39 is 6.04 Å². The molecule has 1 saturated heterocycles. The minimum absolute atomic E-state index is 0.0622. The first-order chi connectivity index (χ1) is 14.6. The summed E-state index contributed by atoms with van der Waals surface area (Å²) in [7, 11) is 0. The highest BCUT2D eigenvalue weighted by molar-refractivity contribution is 5.89. The van der Waals surface area contributed by atoms with E-state index >= 15 is 0 Å². The van der Waals surface area contributed by atoms with Crippen LogP contribution in [0.15, 0.2) is 54.6 Å². The summed E-state index contributed by atoms with van der Waals surface area (Å²) in [6, 6.07) is 17.3. The number of nitrogens with zero attached hydrogens (tertiary/aromatic N) is 2. The summed E-state index contributed by atoms with van der Waals surface area (Å²) >= 11 is 0. The van der Waals surface area contributed by atoms with Crippen LogP contribution in [0.4, 0.5) is 0 Å². The maximum Gasteiger partial charge on any atom is 0.247 e. The van der Waals surface area contributed by atoms with Crippen LogP contribution in [0.3, 0.4) is 0 Å². The molecule has 0 saturated carbocycles. The molecule has 1 unspecified atom stereocenters. The number of likely N-dealkylation sites (tertiary alicyclic amines) is 1. The van der Waals surface area contributed by atoms with Crippen LogP contribution in [0.1, 0.15) is 55.8 Å². The fourth-order valence-electron chi connectivity index (χ4n) is 4.06. The molecular weight excluding hydrogens is 374 g/mol. The van der Waals surface area contributed by atoms with Crippen molar-refractivity contribution in [2.75, 3.05) is 19.6 Å². The van der Waals surface area contributed by atoms with Gasteiger partial charge in [-0.25, -0.2) is 0 Å². The van der Waals surface area contributed by atoms with Gasteiger partial charge in [0.05, 0.1) is 0 Å². The Hall–Kier alpha value is -2.66. The molecule has 1 aliphatic heterocycles. The van der Waals surface area contributed by atoms with E-state index in [1.807, 2.05) is 42.5 Å². The van der Waals surface area contributed by atoms with E-state index in [0.717, 1.165) is 43.6 Å². The molecule has 1 heterocycles. The summed E-state index contributed by atoms with van der Waals surface area (Å²) in [5.74, 6) is -0.0544. The maximum absolute atomic E-state index is 13.3. The molecule has 1 atom stereocenters. The summed E-state index contributed by atoms with van der Waals surface area (Å²) in [6.07, 6.45) is 2.36. The van der Waals surface area contributed by atoms with Crippen molar-refractivity contribution < 1.29 is 9.59 Å². The predicted molar refractivity (Wildman–Crippen MR) is 120 cm³/mol. The van der Waals surface area contributed by atoms with Crippen LogP contribution in [0.2, 0.25) is 0 Å². The molecule has 0 radical (unpaired) electrons. The lowest BCUT2D eigenvalue weighted by molar-refractivity contribution is -0.142. The average Bonchev–Trinajstić information content (AvgIpc) is 2.79. The first-order valence-electron chi connectivity index (χ1n) is 11.0. The maximum atomic E-state index is 13.3. The highest BCUT2D eigenvalue weighted by Gasteiger charge is 2.32. The molecular formula is C25H33N3O2. The third-order valence-electron chi connectivity index (χ3n) is 5.90. The lowest BCUT2D eigenvalue weighted by Crippen LogP contribution is -2.45. The largest absolute Gasteiger partial charge is 0.350 e. The van der Waals surface area contributed by atoms with Crippen molar-refractivity contribution in [2.24, 2.45) is 0 Å². The van der Waals surface area contributed by atoms with E-state index in [-0.39, 0.29) is 11.8 Å². The molecule has 1 aliphatic rings. The molecule has 30 heavy (non-hydrogen) atoms. The topological polar surface area (TPSA) is 52.7 Å². The van der Waals surface area contributed by atoms with Crippen molar-refractivity contribution in [1.29, 1.82) is 0 Å². The number of piperidine rings is 1. The zero-order valence-electron chi connectivity index (χ0n) is 18.1. The quantitative estimate of drug-likeness (QED) is 0.686. The molecule has 0 spiro atoms. The minimum atomic E-state index is -0.575. The summed E-state index contributed by atoms with van der Waals surface area (Å²) in [6.45, 7) is 8.26. The van der Waals surface area contributed by atoms with Crippen LogP contribution in [0.5, 0.6) is 0 Å². The van der Waals surface area contributed by atoms with Crippen molar-refractivity contribution in [3.05, 3.63) is 71.3 Å². The fourth-order valence-corrected chi connectivity index (χ4v) is 4.06. The van der Waals surface area contributed by atoms with Crippen LogP contribution < -0.4 is 5.32 Å². The lowest BCUT2D eigenvalue weighted by Gasteiger charge is -2.34. The van der Waals surface area contributed by atoms with E-state index in [2.05, 4.69) is 36.2 Å². The number of carbonyl (C=O) groups excluding carboxylic acids is 2. The highest BCUT2D eigenvalue weighted by Crippen LogP contribution is 2.26. The first-order valence-corrected chi connectivity index (χ1v) is 11.0. The Labute approximate surface area is 180 Å². The fraction of sp³-hybridized carbons (Fsp3) is 0.440. The number of rotatable bonds is 9. The van der Waals surface area contributed by atoms with E-state index in [0.29, 0.717) is 19.5 Å². The normalized spacial score (nSPS) is 15.3. The lowest BCUT2D eigenvalue weighted by atomic mass is 10.00. The van der Waals surface area contributed by atoms with Crippen LogP contribution in [-0.4, -0.2) is 41.2 Å². The number of nitrogens with one attached hydrogen (secondary N) is 1. The van der Waals surface area contributed by atoms with Crippen molar-refractivity contribution in [3.8, 4) is 0 Å². The predicted octanol–water partition coefficient (Wildman–Crippen LogP) is 3.90. The summed E-state index contributed by atoms with van der Waals surface area (Å²) in [4.78, 5) is 30.0. The monoisotopic (exact) mass is 407 g/mol. The standard InChI is InChI=1S/C25H33N3O2/c1-3-27(4-2)19-22-15-9-8-14-21(22)18-26-25(30)24(20-12-6-5-7-13-20)28-17-11-10-16-23(28)29/h5-9,12-15,24H,3-4,10-11,16-19H2,1-2H3,(H,26,30). The molecule has 1 fully saturated rings. The van der Waals surface area contributed by atoms with Gasteiger partial charge in [-0.1, -0.05) is 68.4 Å². The Bertz CT molecular complexity index is 833. The number of benzene rings is 2. The Morgan fingerprint density at radius 3 is 2.33 bits per heavy atom. The molecule has 5 nitrogen and oxygen atoms in total. The Kier molecular flexibility index (Phi) is 8.03. The third kappa shape index (κ3) is 5.48. The highest BCUT2D eigenvalue weighted by atomic mass is 16.2. The Balaban J connectivity index is 1.76. The van der Waals surface area contributed by atoms with Crippen molar-refractivity contribution in [1.82, 2.24) is 15.1 Å². The molecule has 160 valence electrons. The van der Waals surface area contributed by atoms with E-state index in [1.165, 1.54) is 5.56 Å². The molecule has 1 N–H and O–H groups in total. The van der Waals surface area contributed by atoms with E-state index in [9.17, 15) is 9.59 Å². The molecule has 0 aromatic heterocycles. The number of hydrogen-bond acceptors (Lipinski definition) is 3. The zero-order chi connectivity index (χ0) is 21.3. The van der Waals surface area contributed by atoms with E-state index in [1.54, 1.807) is 4.90 Å². The van der Waals surface area contributed by atoms with Crippen molar-refractivity contribution in [3.63, 3.8) is 0 Å². The number of amides is 2. The smallest absolute Gasteiger partial charge is 0.247 e. The minimum Gasteiger partial charge on any atom is -0.350 e. The summed E-state index contributed by atoms with van der Waals surface area (Å²) in [5, 5.41) is 3.11. The second-order valence-electron chi connectivity index (χ2n) is 7.81. The number of carbonyl (C=O) groups is 2. The van der Waals surface area contributed by atoms with Crippen LogP contribution >= 0.6 is 0 Å². The third-order valence-corrected chi connectivity index (χ3v) is 5.90. The average molecular weight is 408 g/mol. The van der Waals surface area contributed by atoms with Crippen molar-refractivity contribution >= 4 is 11.8 Å². The van der Waals surface area contributed by atoms with Gasteiger partial charge in [0, 0.05) is 26.1 Å². The van der Waals surface area contributed by atoms with Gasteiger partial charge < -0.3 is 10.2 Å². The summed E-state index contributed by atoms with van der Waals surface area (Å²) in [5.41, 5.74) is 3.21. The first kappa shape index (κ1) is 22.0. The Morgan fingerprint density at radius 2 is 1.67 bits per heavy atom. The van der Waals surface area contributed by atoms with Gasteiger partial charge >= 0.3 is 0 Å². The molecule has 2 aromatic rings. The van der Waals surface area contributed by atoms with Gasteiger partial charge in [-0.15, -0.1) is 0 Å². The van der Waals surface area contributed by atoms with Crippen LogP contribution in [0, 0.1) is 0 Å². The second kappa shape index (κ2) is 10.9. The van der Waals surface area contributed by atoms with Gasteiger partial charge in [0.15, 0.2) is 0 Å². The molecule has 2 amide bonds. The van der Waals surface area contributed by atoms with Gasteiger partial charge in [-0.2, -0.15) is 0 Å². The van der Waals surface area contributed by atoms with Crippen LogP contribution in [0.25, 0.3) is 0 Å². The van der Waals surface area contributed by atoms with Crippen LogP contribution in [-0.2, 0) is 22.7 Å². The van der Waals surface area contributed by atoms with Gasteiger partial charge in [-0.3, -0.25) is 14.5 Å². The zero-order valence-corrected chi connectivity index (χ0v) is 18.1. The van der Waals surface area contributed by atoms with E-state index in [4.69, 9.17) is 0 Å². The van der Waals surface area contributed by atoms with Gasteiger partial charge in [0.25, 0.3) is 0 Å². The van der Waals surface area contributed by atoms with Gasteiger partial charge in [0.1, 0.15) is 6.04 Å². The molecule has 3 rings (SSSR count). The Morgan fingerprint density at radius 1 is 1.00 bits per heavy atom.